The van der Waals surface area contributed by atoms with Crippen molar-refractivity contribution in [3.8, 4) is 11.8 Å². The highest BCUT2D eigenvalue weighted by molar-refractivity contribution is 5.89. The fraction of sp³-hybridized carbons (Fsp3) is 0.250. The molecule has 1 aromatic carbocycles. The van der Waals surface area contributed by atoms with E-state index in [4.69, 9.17) is 5.73 Å². The molecule has 0 aliphatic rings. The Hall–Kier alpha value is -1.99. The molecule has 0 radical (unpaired) electrons. The molecule has 4 nitrogen and oxygen atoms in total. The minimum absolute atomic E-state index is 0.205. The third kappa shape index (κ3) is 4.03. The van der Waals surface area contributed by atoms with Gasteiger partial charge in [0, 0.05) is 17.8 Å². The van der Waals surface area contributed by atoms with E-state index in [9.17, 15) is 4.79 Å². The molecular weight excluding hydrogens is 202 g/mol. The van der Waals surface area contributed by atoms with Crippen molar-refractivity contribution in [2.75, 3.05) is 18.4 Å². The first kappa shape index (κ1) is 12.1. The van der Waals surface area contributed by atoms with Gasteiger partial charge in [0.1, 0.15) is 0 Å². The standard InChI is InChI=1S/C12H15N3O/c1-2-14-12(16)15-11-7-5-10(6-8-11)4-3-9-13/h5-8H,2,9,13H2,1H3,(H2,14,15,16). The lowest BCUT2D eigenvalue weighted by molar-refractivity contribution is 0.252. The average Bonchev–Trinajstić information content (AvgIpc) is 2.28. The monoisotopic (exact) mass is 217 g/mol. The Morgan fingerprint density at radius 3 is 2.62 bits per heavy atom. The number of nitrogens with two attached hydrogens (primary N) is 1. The van der Waals surface area contributed by atoms with Crippen molar-refractivity contribution in [2.24, 2.45) is 5.73 Å². The summed E-state index contributed by atoms with van der Waals surface area (Å²) in [5.41, 5.74) is 6.89. The molecule has 0 fully saturated rings. The molecule has 0 atom stereocenters. The number of nitrogens with one attached hydrogen (secondary N) is 2. The predicted molar refractivity (Wildman–Crippen MR) is 65.1 cm³/mol. The Morgan fingerprint density at radius 1 is 1.38 bits per heavy atom. The zero-order chi connectivity index (χ0) is 11.8. The lowest BCUT2D eigenvalue weighted by Gasteiger charge is -2.05. The number of hydrogen-bond acceptors (Lipinski definition) is 2. The van der Waals surface area contributed by atoms with Gasteiger partial charge in [-0.1, -0.05) is 11.8 Å². The van der Waals surface area contributed by atoms with Gasteiger partial charge in [-0.05, 0) is 31.2 Å². The fourth-order valence-corrected chi connectivity index (χ4v) is 1.13. The second-order valence-electron chi connectivity index (χ2n) is 3.07. The summed E-state index contributed by atoms with van der Waals surface area (Å²) in [6, 6.07) is 7.07. The molecule has 84 valence electrons. The number of carbonyl (C=O) groups excluding carboxylic acids is 1. The van der Waals surface area contributed by atoms with Crippen LogP contribution in [0.1, 0.15) is 12.5 Å². The largest absolute Gasteiger partial charge is 0.338 e. The molecule has 0 saturated heterocycles. The molecule has 1 rings (SSSR count). The summed E-state index contributed by atoms with van der Waals surface area (Å²) in [6.45, 7) is 2.82. The molecule has 0 saturated carbocycles. The molecule has 0 aliphatic carbocycles. The van der Waals surface area contributed by atoms with Gasteiger partial charge in [-0.25, -0.2) is 4.79 Å². The number of urea groups is 1. The van der Waals surface area contributed by atoms with E-state index in [0.29, 0.717) is 13.1 Å². The Morgan fingerprint density at radius 2 is 2.06 bits per heavy atom. The predicted octanol–water partition coefficient (Wildman–Crippen LogP) is 1.14. The zero-order valence-electron chi connectivity index (χ0n) is 9.21. The van der Waals surface area contributed by atoms with Crippen LogP contribution in [0.5, 0.6) is 0 Å². The zero-order valence-corrected chi connectivity index (χ0v) is 9.21. The topological polar surface area (TPSA) is 67.2 Å². The molecule has 0 bridgehead atoms. The fourth-order valence-electron chi connectivity index (χ4n) is 1.13. The lowest BCUT2D eigenvalue weighted by Crippen LogP contribution is -2.28. The Kier molecular flexibility index (Phi) is 4.90. The van der Waals surface area contributed by atoms with E-state index in [1.807, 2.05) is 19.1 Å². The highest BCUT2D eigenvalue weighted by Crippen LogP contribution is 2.08. The van der Waals surface area contributed by atoms with E-state index in [2.05, 4.69) is 22.5 Å². The lowest BCUT2D eigenvalue weighted by atomic mass is 10.2. The maximum Gasteiger partial charge on any atom is 0.319 e. The van der Waals surface area contributed by atoms with Crippen LogP contribution in [0.2, 0.25) is 0 Å². The molecule has 0 spiro atoms. The first-order valence-electron chi connectivity index (χ1n) is 5.10. The van der Waals surface area contributed by atoms with Gasteiger partial charge in [0.25, 0.3) is 0 Å². The van der Waals surface area contributed by atoms with Crippen LogP contribution in [0.4, 0.5) is 10.5 Å². The van der Waals surface area contributed by atoms with Crippen LogP contribution in [0.15, 0.2) is 24.3 Å². The van der Waals surface area contributed by atoms with E-state index in [0.717, 1.165) is 11.3 Å². The van der Waals surface area contributed by atoms with Crippen molar-refractivity contribution in [1.29, 1.82) is 0 Å². The molecule has 0 aromatic heterocycles. The number of carbonyl (C=O) groups is 1. The normalized spacial score (nSPS) is 8.88. The summed E-state index contributed by atoms with van der Waals surface area (Å²) in [4.78, 5) is 11.2. The summed E-state index contributed by atoms with van der Waals surface area (Å²) in [7, 11) is 0. The molecular formula is C12H15N3O. The van der Waals surface area contributed by atoms with Crippen LogP contribution >= 0.6 is 0 Å². The summed E-state index contributed by atoms with van der Waals surface area (Å²) < 4.78 is 0. The average molecular weight is 217 g/mol. The second-order valence-corrected chi connectivity index (χ2v) is 3.07. The first-order valence-corrected chi connectivity index (χ1v) is 5.10. The van der Waals surface area contributed by atoms with Crippen LogP contribution in [-0.2, 0) is 0 Å². The van der Waals surface area contributed by atoms with Crippen molar-refractivity contribution < 1.29 is 4.79 Å². The summed E-state index contributed by atoms with van der Waals surface area (Å²) in [5.74, 6) is 5.67. The molecule has 16 heavy (non-hydrogen) atoms. The Labute approximate surface area is 95.2 Å². The second kappa shape index (κ2) is 6.49. The summed E-state index contributed by atoms with van der Waals surface area (Å²) >= 11 is 0. The minimum atomic E-state index is -0.205. The summed E-state index contributed by atoms with van der Waals surface area (Å²) in [6.07, 6.45) is 0. The van der Waals surface area contributed by atoms with Crippen molar-refractivity contribution in [2.45, 2.75) is 6.92 Å². The number of amides is 2. The van der Waals surface area contributed by atoms with Crippen molar-refractivity contribution in [3.63, 3.8) is 0 Å². The molecule has 2 amide bonds. The van der Waals surface area contributed by atoms with Crippen molar-refractivity contribution in [1.82, 2.24) is 5.32 Å². The van der Waals surface area contributed by atoms with Gasteiger partial charge >= 0.3 is 6.03 Å². The van der Waals surface area contributed by atoms with Crippen LogP contribution in [-0.4, -0.2) is 19.1 Å². The van der Waals surface area contributed by atoms with Crippen LogP contribution in [0.3, 0.4) is 0 Å². The van der Waals surface area contributed by atoms with Gasteiger partial charge in [0.05, 0.1) is 6.54 Å². The quantitative estimate of drug-likeness (QED) is 0.650. The highest BCUT2D eigenvalue weighted by atomic mass is 16.2. The third-order valence-electron chi connectivity index (χ3n) is 1.81. The highest BCUT2D eigenvalue weighted by Gasteiger charge is 1.98. The van der Waals surface area contributed by atoms with Gasteiger partial charge in [-0.2, -0.15) is 0 Å². The Balaban J connectivity index is 2.61. The number of anilines is 1. The van der Waals surface area contributed by atoms with Crippen LogP contribution in [0.25, 0.3) is 0 Å². The van der Waals surface area contributed by atoms with E-state index < -0.39 is 0 Å². The van der Waals surface area contributed by atoms with Gasteiger partial charge in [0.15, 0.2) is 0 Å². The molecule has 0 aliphatic heterocycles. The van der Waals surface area contributed by atoms with E-state index >= 15 is 0 Å². The van der Waals surface area contributed by atoms with Crippen LogP contribution < -0.4 is 16.4 Å². The molecule has 1 aromatic rings. The smallest absolute Gasteiger partial charge is 0.319 e. The van der Waals surface area contributed by atoms with Gasteiger partial charge < -0.3 is 16.4 Å². The number of hydrogen-bond donors (Lipinski definition) is 3. The summed E-state index contributed by atoms with van der Waals surface area (Å²) in [5, 5.41) is 5.35. The van der Waals surface area contributed by atoms with E-state index in [1.54, 1.807) is 12.1 Å². The number of benzene rings is 1. The van der Waals surface area contributed by atoms with Gasteiger partial charge in [-0.15, -0.1) is 0 Å². The third-order valence-corrected chi connectivity index (χ3v) is 1.81. The van der Waals surface area contributed by atoms with Crippen molar-refractivity contribution >= 4 is 11.7 Å². The van der Waals surface area contributed by atoms with E-state index in [-0.39, 0.29) is 6.03 Å². The molecule has 4 heteroatoms. The number of rotatable bonds is 2. The molecule has 0 unspecified atom stereocenters. The minimum Gasteiger partial charge on any atom is -0.338 e. The molecule has 0 heterocycles. The maximum absolute atomic E-state index is 11.2. The Bertz CT molecular complexity index is 401. The van der Waals surface area contributed by atoms with Gasteiger partial charge in [0.2, 0.25) is 0 Å². The van der Waals surface area contributed by atoms with Gasteiger partial charge in [-0.3, -0.25) is 0 Å². The van der Waals surface area contributed by atoms with Crippen molar-refractivity contribution in [3.05, 3.63) is 29.8 Å². The maximum atomic E-state index is 11.2. The SMILES string of the molecule is CCNC(=O)Nc1ccc(C#CCN)cc1. The first-order chi connectivity index (χ1) is 7.76. The van der Waals surface area contributed by atoms with E-state index in [1.165, 1.54) is 0 Å². The van der Waals surface area contributed by atoms with Crippen LogP contribution in [0, 0.1) is 11.8 Å². The molecule has 4 N–H and O–H groups in total.